The fourth-order valence-corrected chi connectivity index (χ4v) is 1.54. The summed E-state index contributed by atoms with van der Waals surface area (Å²) in [6, 6.07) is 4.00. The van der Waals surface area contributed by atoms with Crippen LogP contribution in [0.4, 0.5) is 14.6 Å². The maximum absolute atomic E-state index is 13.6. The predicted molar refractivity (Wildman–Crippen MR) is 66.2 cm³/mol. The zero-order valence-electron chi connectivity index (χ0n) is 9.95. The van der Waals surface area contributed by atoms with E-state index >= 15 is 0 Å². The first-order valence-electron chi connectivity index (χ1n) is 5.72. The third-order valence-electron chi connectivity index (χ3n) is 2.42. The van der Waals surface area contributed by atoms with Gasteiger partial charge < -0.3 is 5.32 Å². The molecule has 2 aromatic rings. The summed E-state index contributed by atoms with van der Waals surface area (Å²) in [5.41, 5.74) is 0.427. The SMILES string of the molecule is CCCNc1cncc(-c2cccc(F)c2F)n1. The molecule has 0 atom stereocenters. The quantitative estimate of drug-likeness (QED) is 0.903. The van der Waals surface area contributed by atoms with Gasteiger partial charge in [-0.25, -0.2) is 13.8 Å². The highest BCUT2D eigenvalue weighted by Gasteiger charge is 2.11. The number of aromatic nitrogens is 2. The summed E-state index contributed by atoms with van der Waals surface area (Å²) in [6.07, 6.45) is 3.91. The third kappa shape index (κ3) is 2.61. The lowest BCUT2D eigenvalue weighted by molar-refractivity contribution is 0.511. The molecule has 0 aliphatic carbocycles. The lowest BCUT2D eigenvalue weighted by atomic mass is 10.1. The van der Waals surface area contributed by atoms with E-state index in [1.165, 1.54) is 18.3 Å². The number of nitrogens with one attached hydrogen (secondary N) is 1. The highest BCUT2D eigenvalue weighted by atomic mass is 19.2. The van der Waals surface area contributed by atoms with Gasteiger partial charge >= 0.3 is 0 Å². The van der Waals surface area contributed by atoms with E-state index in [0.717, 1.165) is 19.0 Å². The van der Waals surface area contributed by atoms with Gasteiger partial charge in [0.1, 0.15) is 5.82 Å². The number of nitrogens with zero attached hydrogens (tertiary/aromatic N) is 2. The number of hydrogen-bond acceptors (Lipinski definition) is 3. The van der Waals surface area contributed by atoms with E-state index in [0.29, 0.717) is 11.5 Å². The topological polar surface area (TPSA) is 37.8 Å². The zero-order chi connectivity index (χ0) is 13.0. The monoisotopic (exact) mass is 249 g/mol. The molecular weight excluding hydrogens is 236 g/mol. The molecule has 0 radical (unpaired) electrons. The fourth-order valence-electron chi connectivity index (χ4n) is 1.54. The number of benzene rings is 1. The Morgan fingerprint density at radius 3 is 2.83 bits per heavy atom. The number of halogens is 2. The van der Waals surface area contributed by atoms with Crippen LogP contribution in [0.5, 0.6) is 0 Å². The minimum atomic E-state index is -0.903. The molecule has 2 rings (SSSR count). The molecule has 1 aromatic carbocycles. The molecule has 1 aromatic heterocycles. The Kier molecular flexibility index (Phi) is 3.82. The first kappa shape index (κ1) is 12.4. The van der Waals surface area contributed by atoms with Gasteiger partial charge in [0.15, 0.2) is 11.6 Å². The Labute approximate surface area is 104 Å². The van der Waals surface area contributed by atoms with Crippen molar-refractivity contribution in [2.45, 2.75) is 13.3 Å². The Morgan fingerprint density at radius 1 is 1.22 bits per heavy atom. The Balaban J connectivity index is 2.35. The molecule has 3 nitrogen and oxygen atoms in total. The molecule has 0 amide bonds. The van der Waals surface area contributed by atoms with Gasteiger partial charge in [0.2, 0.25) is 0 Å². The fraction of sp³-hybridized carbons (Fsp3) is 0.231. The van der Waals surface area contributed by atoms with Crippen molar-refractivity contribution in [3.8, 4) is 11.3 Å². The molecule has 0 spiro atoms. The van der Waals surface area contributed by atoms with Gasteiger partial charge in [-0.15, -0.1) is 0 Å². The number of rotatable bonds is 4. The lowest BCUT2D eigenvalue weighted by Crippen LogP contribution is -2.03. The van der Waals surface area contributed by atoms with Gasteiger partial charge in [0.25, 0.3) is 0 Å². The van der Waals surface area contributed by atoms with Crippen molar-refractivity contribution in [1.29, 1.82) is 0 Å². The van der Waals surface area contributed by atoms with E-state index < -0.39 is 11.6 Å². The smallest absolute Gasteiger partial charge is 0.168 e. The minimum Gasteiger partial charge on any atom is -0.369 e. The van der Waals surface area contributed by atoms with E-state index in [2.05, 4.69) is 15.3 Å². The molecule has 94 valence electrons. The second kappa shape index (κ2) is 5.53. The van der Waals surface area contributed by atoms with Gasteiger partial charge in [-0.2, -0.15) is 0 Å². The van der Waals surface area contributed by atoms with Crippen molar-refractivity contribution in [3.63, 3.8) is 0 Å². The average molecular weight is 249 g/mol. The molecule has 1 heterocycles. The second-order valence-corrected chi connectivity index (χ2v) is 3.82. The lowest BCUT2D eigenvalue weighted by Gasteiger charge is -2.06. The summed E-state index contributed by atoms with van der Waals surface area (Å²) in [4.78, 5) is 8.17. The van der Waals surface area contributed by atoms with Crippen molar-refractivity contribution in [3.05, 3.63) is 42.2 Å². The van der Waals surface area contributed by atoms with E-state index in [1.807, 2.05) is 6.92 Å². The normalized spacial score (nSPS) is 10.4. The summed E-state index contributed by atoms with van der Waals surface area (Å²) in [6.45, 7) is 2.78. The molecule has 0 aliphatic rings. The van der Waals surface area contributed by atoms with Gasteiger partial charge in [-0.3, -0.25) is 4.98 Å². The minimum absolute atomic E-state index is 0.114. The Morgan fingerprint density at radius 2 is 2.06 bits per heavy atom. The second-order valence-electron chi connectivity index (χ2n) is 3.82. The van der Waals surface area contributed by atoms with Gasteiger partial charge in [-0.05, 0) is 18.6 Å². The molecular formula is C13H13F2N3. The standard InChI is InChI=1S/C13H13F2N3/c1-2-6-17-12-8-16-7-11(18-12)9-4-3-5-10(14)13(9)15/h3-5,7-8H,2,6H2,1H3,(H,17,18). The highest BCUT2D eigenvalue weighted by Crippen LogP contribution is 2.22. The van der Waals surface area contributed by atoms with Crippen LogP contribution in [0, 0.1) is 11.6 Å². The highest BCUT2D eigenvalue weighted by molar-refractivity contribution is 5.60. The molecule has 0 saturated heterocycles. The van der Waals surface area contributed by atoms with Crippen molar-refractivity contribution >= 4 is 5.82 Å². The number of anilines is 1. The van der Waals surface area contributed by atoms with E-state index in [-0.39, 0.29) is 5.56 Å². The molecule has 0 saturated carbocycles. The third-order valence-corrected chi connectivity index (χ3v) is 2.42. The van der Waals surface area contributed by atoms with Crippen molar-refractivity contribution in [2.24, 2.45) is 0 Å². The summed E-state index contributed by atoms with van der Waals surface area (Å²) >= 11 is 0. The summed E-state index contributed by atoms with van der Waals surface area (Å²) in [5, 5.41) is 3.05. The van der Waals surface area contributed by atoms with Crippen LogP contribution in [0.1, 0.15) is 13.3 Å². The molecule has 0 aliphatic heterocycles. The van der Waals surface area contributed by atoms with E-state index in [4.69, 9.17) is 0 Å². The van der Waals surface area contributed by atoms with Crippen LogP contribution in [0.25, 0.3) is 11.3 Å². The maximum atomic E-state index is 13.6. The first-order valence-corrected chi connectivity index (χ1v) is 5.72. The van der Waals surface area contributed by atoms with Crippen LogP contribution in [0.2, 0.25) is 0 Å². The van der Waals surface area contributed by atoms with Crippen LogP contribution in [-0.4, -0.2) is 16.5 Å². The van der Waals surface area contributed by atoms with E-state index in [9.17, 15) is 8.78 Å². The molecule has 0 bridgehead atoms. The van der Waals surface area contributed by atoms with Crippen molar-refractivity contribution in [1.82, 2.24) is 9.97 Å². The Hall–Kier alpha value is -2.04. The van der Waals surface area contributed by atoms with E-state index in [1.54, 1.807) is 6.20 Å². The predicted octanol–water partition coefficient (Wildman–Crippen LogP) is 3.24. The van der Waals surface area contributed by atoms with Gasteiger partial charge in [0.05, 0.1) is 18.1 Å². The molecule has 0 fully saturated rings. The molecule has 5 heteroatoms. The first-order chi connectivity index (χ1) is 8.72. The number of hydrogen-bond donors (Lipinski definition) is 1. The van der Waals surface area contributed by atoms with Crippen LogP contribution >= 0.6 is 0 Å². The average Bonchev–Trinajstić information content (AvgIpc) is 2.40. The van der Waals surface area contributed by atoms with Crippen LogP contribution in [0.3, 0.4) is 0 Å². The van der Waals surface area contributed by atoms with Crippen LogP contribution < -0.4 is 5.32 Å². The maximum Gasteiger partial charge on any atom is 0.168 e. The van der Waals surface area contributed by atoms with Crippen LogP contribution in [-0.2, 0) is 0 Å². The summed E-state index contributed by atoms with van der Waals surface area (Å²) in [7, 11) is 0. The van der Waals surface area contributed by atoms with Gasteiger partial charge in [0, 0.05) is 12.1 Å². The zero-order valence-corrected chi connectivity index (χ0v) is 9.95. The largest absolute Gasteiger partial charge is 0.369 e. The van der Waals surface area contributed by atoms with Crippen molar-refractivity contribution < 1.29 is 8.78 Å². The van der Waals surface area contributed by atoms with Crippen LogP contribution in [0.15, 0.2) is 30.6 Å². The molecule has 1 N–H and O–H groups in total. The summed E-state index contributed by atoms with van der Waals surface area (Å²) in [5.74, 6) is -1.24. The molecule has 0 unspecified atom stereocenters. The van der Waals surface area contributed by atoms with Crippen molar-refractivity contribution in [2.75, 3.05) is 11.9 Å². The Bertz CT molecular complexity index is 544. The molecule has 18 heavy (non-hydrogen) atoms. The van der Waals surface area contributed by atoms with Gasteiger partial charge in [-0.1, -0.05) is 13.0 Å². The summed E-state index contributed by atoms with van der Waals surface area (Å²) < 4.78 is 26.7.